The van der Waals surface area contributed by atoms with Crippen LogP contribution in [0.25, 0.3) is 0 Å². The molecule has 0 aliphatic rings. The molecule has 0 atom stereocenters. The molecule has 0 aliphatic carbocycles. The van der Waals surface area contributed by atoms with Crippen molar-refractivity contribution in [2.45, 2.75) is 19.8 Å². The highest BCUT2D eigenvalue weighted by Crippen LogP contribution is 2.22. The van der Waals surface area contributed by atoms with Crippen LogP contribution in [-0.4, -0.2) is 17.3 Å². The second kappa shape index (κ2) is 6.78. The van der Waals surface area contributed by atoms with E-state index in [-0.39, 0.29) is 12.2 Å². The fourth-order valence-corrected chi connectivity index (χ4v) is 2.89. The third-order valence-corrected chi connectivity index (χ3v) is 4.32. The molecule has 0 unspecified atom stereocenters. The van der Waals surface area contributed by atoms with E-state index in [4.69, 9.17) is 11.6 Å². The molecule has 1 aromatic heterocycles. The average molecular weight is 321 g/mol. The molecule has 1 heterocycles. The van der Waals surface area contributed by atoms with Crippen LogP contribution in [0.4, 0.5) is 0 Å². The van der Waals surface area contributed by atoms with E-state index in [1.54, 1.807) is 6.07 Å². The van der Waals surface area contributed by atoms with E-state index >= 15 is 0 Å². The molecule has 0 amide bonds. The Balaban J connectivity index is 2.04. The SMILES string of the molecule is CC(=O)C(=O)CC(=O)c1ccc(Cc2ccc(Cl)cc2)s1. The summed E-state index contributed by atoms with van der Waals surface area (Å²) >= 11 is 7.18. The molecule has 0 bridgehead atoms. The number of halogens is 1. The summed E-state index contributed by atoms with van der Waals surface area (Å²) in [6, 6.07) is 11.1. The lowest BCUT2D eigenvalue weighted by Gasteiger charge is -1.98. The van der Waals surface area contributed by atoms with Crippen LogP contribution in [0.5, 0.6) is 0 Å². The minimum absolute atomic E-state index is 0.303. The van der Waals surface area contributed by atoms with Gasteiger partial charge in [-0.05, 0) is 29.8 Å². The molecule has 2 aromatic rings. The number of Topliss-reactive ketones (excluding diaryl/α,β-unsaturated/α-hetero) is 3. The Hall–Kier alpha value is -1.78. The zero-order chi connectivity index (χ0) is 15.4. The number of carbonyl (C=O) groups is 3. The summed E-state index contributed by atoms with van der Waals surface area (Å²) in [6.45, 7) is 1.18. The molecular weight excluding hydrogens is 308 g/mol. The van der Waals surface area contributed by atoms with Crippen molar-refractivity contribution in [1.29, 1.82) is 0 Å². The lowest BCUT2D eigenvalue weighted by atomic mass is 10.1. The molecule has 0 aliphatic heterocycles. The first kappa shape index (κ1) is 15.6. The van der Waals surface area contributed by atoms with Crippen LogP contribution in [-0.2, 0) is 16.0 Å². The first-order valence-electron chi connectivity index (χ1n) is 6.36. The van der Waals surface area contributed by atoms with Crippen LogP contribution >= 0.6 is 22.9 Å². The molecule has 108 valence electrons. The standard InChI is InChI=1S/C16H13ClO3S/c1-10(18)14(19)9-15(20)16-7-6-13(21-16)8-11-2-4-12(17)5-3-11/h2-7H,8-9H2,1H3. The maximum absolute atomic E-state index is 11.9. The van der Waals surface area contributed by atoms with Crippen molar-refractivity contribution < 1.29 is 14.4 Å². The van der Waals surface area contributed by atoms with E-state index in [9.17, 15) is 14.4 Å². The van der Waals surface area contributed by atoms with Crippen molar-refractivity contribution in [3.05, 3.63) is 56.7 Å². The lowest BCUT2D eigenvalue weighted by Crippen LogP contribution is -2.14. The monoisotopic (exact) mass is 320 g/mol. The van der Waals surface area contributed by atoms with Gasteiger partial charge in [0.1, 0.15) is 0 Å². The predicted molar refractivity (Wildman–Crippen MR) is 83.2 cm³/mol. The van der Waals surface area contributed by atoms with Crippen molar-refractivity contribution in [3.8, 4) is 0 Å². The minimum atomic E-state index is -0.646. The molecule has 0 saturated carbocycles. The minimum Gasteiger partial charge on any atom is -0.293 e. The zero-order valence-electron chi connectivity index (χ0n) is 11.4. The van der Waals surface area contributed by atoms with Gasteiger partial charge in [-0.3, -0.25) is 14.4 Å². The van der Waals surface area contributed by atoms with Crippen molar-refractivity contribution in [2.75, 3.05) is 0 Å². The van der Waals surface area contributed by atoms with E-state index in [1.165, 1.54) is 18.3 Å². The molecule has 0 saturated heterocycles. The molecule has 3 nitrogen and oxygen atoms in total. The maximum Gasteiger partial charge on any atom is 0.205 e. The summed E-state index contributed by atoms with van der Waals surface area (Å²) in [5.74, 6) is -1.53. The van der Waals surface area contributed by atoms with Crippen LogP contribution in [0.15, 0.2) is 36.4 Å². The summed E-state index contributed by atoms with van der Waals surface area (Å²) in [5, 5.41) is 0.684. The van der Waals surface area contributed by atoms with E-state index in [0.29, 0.717) is 16.3 Å². The smallest absolute Gasteiger partial charge is 0.205 e. The Bertz CT molecular complexity index is 686. The van der Waals surface area contributed by atoms with Gasteiger partial charge in [-0.1, -0.05) is 23.7 Å². The zero-order valence-corrected chi connectivity index (χ0v) is 13.0. The number of hydrogen-bond donors (Lipinski definition) is 0. The second-order valence-electron chi connectivity index (χ2n) is 4.65. The molecule has 5 heteroatoms. The van der Waals surface area contributed by atoms with Gasteiger partial charge in [0.2, 0.25) is 5.78 Å². The molecular formula is C16H13ClO3S. The Morgan fingerprint density at radius 2 is 1.71 bits per heavy atom. The Morgan fingerprint density at radius 1 is 1.05 bits per heavy atom. The first-order chi connectivity index (χ1) is 9.95. The summed E-state index contributed by atoms with van der Waals surface area (Å²) in [5.41, 5.74) is 1.10. The van der Waals surface area contributed by atoms with Crippen molar-refractivity contribution >= 4 is 40.3 Å². The first-order valence-corrected chi connectivity index (χ1v) is 7.55. The molecule has 0 fully saturated rings. The van der Waals surface area contributed by atoms with Crippen molar-refractivity contribution in [1.82, 2.24) is 0 Å². The highest BCUT2D eigenvalue weighted by molar-refractivity contribution is 7.14. The quantitative estimate of drug-likeness (QED) is 0.463. The molecule has 1 aromatic carbocycles. The number of thiophene rings is 1. The lowest BCUT2D eigenvalue weighted by molar-refractivity contribution is -0.134. The second-order valence-corrected chi connectivity index (χ2v) is 6.25. The number of rotatable bonds is 6. The highest BCUT2D eigenvalue weighted by atomic mass is 35.5. The summed E-state index contributed by atoms with van der Waals surface area (Å²) < 4.78 is 0. The van der Waals surface area contributed by atoms with Gasteiger partial charge < -0.3 is 0 Å². The predicted octanol–water partition coefficient (Wildman–Crippen LogP) is 3.72. The van der Waals surface area contributed by atoms with Gasteiger partial charge in [0, 0.05) is 23.2 Å². The summed E-state index contributed by atoms with van der Waals surface area (Å²) in [7, 11) is 0. The van der Waals surface area contributed by atoms with E-state index in [2.05, 4.69) is 0 Å². The van der Waals surface area contributed by atoms with Crippen LogP contribution in [0.1, 0.15) is 33.5 Å². The third-order valence-electron chi connectivity index (χ3n) is 2.94. The fraction of sp³-hybridized carbons (Fsp3) is 0.188. The molecule has 2 rings (SSSR count). The fourth-order valence-electron chi connectivity index (χ4n) is 1.78. The van der Waals surface area contributed by atoms with Gasteiger partial charge in [0.25, 0.3) is 0 Å². The Morgan fingerprint density at radius 3 is 2.33 bits per heavy atom. The highest BCUT2D eigenvalue weighted by Gasteiger charge is 2.17. The molecule has 0 spiro atoms. The van der Waals surface area contributed by atoms with Crippen molar-refractivity contribution in [3.63, 3.8) is 0 Å². The average Bonchev–Trinajstić information content (AvgIpc) is 2.90. The van der Waals surface area contributed by atoms with Crippen LogP contribution in [0.3, 0.4) is 0 Å². The van der Waals surface area contributed by atoms with Crippen molar-refractivity contribution in [2.24, 2.45) is 0 Å². The summed E-state index contributed by atoms with van der Waals surface area (Å²) in [6.07, 6.45) is 0.353. The largest absolute Gasteiger partial charge is 0.293 e. The van der Waals surface area contributed by atoms with Gasteiger partial charge >= 0.3 is 0 Å². The van der Waals surface area contributed by atoms with Gasteiger partial charge in [-0.15, -0.1) is 11.3 Å². The van der Waals surface area contributed by atoms with Gasteiger partial charge in [-0.25, -0.2) is 0 Å². The van der Waals surface area contributed by atoms with Gasteiger partial charge in [0.15, 0.2) is 11.6 Å². The van der Waals surface area contributed by atoms with Gasteiger partial charge in [0.05, 0.1) is 11.3 Å². The Labute approximate surface area is 131 Å². The van der Waals surface area contributed by atoms with E-state index in [0.717, 1.165) is 10.4 Å². The normalized spacial score (nSPS) is 10.4. The molecule has 0 N–H and O–H groups in total. The van der Waals surface area contributed by atoms with Crippen LogP contribution in [0.2, 0.25) is 5.02 Å². The maximum atomic E-state index is 11.9. The third kappa shape index (κ3) is 4.34. The summed E-state index contributed by atoms with van der Waals surface area (Å²) in [4.78, 5) is 35.6. The van der Waals surface area contributed by atoms with Crippen LogP contribution < -0.4 is 0 Å². The van der Waals surface area contributed by atoms with E-state index < -0.39 is 11.6 Å². The Kier molecular flexibility index (Phi) is 5.04. The molecule has 21 heavy (non-hydrogen) atoms. The number of hydrogen-bond acceptors (Lipinski definition) is 4. The molecule has 0 radical (unpaired) electrons. The van der Waals surface area contributed by atoms with Crippen LogP contribution in [0, 0.1) is 0 Å². The number of ketones is 3. The van der Waals surface area contributed by atoms with Gasteiger partial charge in [-0.2, -0.15) is 0 Å². The number of carbonyl (C=O) groups excluding carboxylic acids is 3. The topological polar surface area (TPSA) is 51.2 Å². The van der Waals surface area contributed by atoms with E-state index in [1.807, 2.05) is 30.3 Å². The number of benzene rings is 1.